The number of alkyl halides is 3. The second-order valence-electron chi connectivity index (χ2n) is 4.68. The van der Waals surface area contributed by atoms with E-state index in [4.69, 9.17) is 5.73 Å². The highest BCUT2D eigenvalue weighted by Gasteiger charge is 2.30. The monoisotopic (exact) mass is 245 g/mol. The van der Waals surface area contributed by atoms with Gasteiger partial charge in [0.1, 0.15) is 0 Å². The number of aryl methyl sites for hydroxylation is 1. The molecule has 0 aliphatic carbocycles. The molecule has 0 saturated carbocycles. The number of nitrogens with two attached hydrogens (primary N) is 1. The van der Waals surface area contributed by atoms with E-state index < -0.39 is 11.7 Å². The van der Waals surface area contributed by atoms with Crippen molar-refractivity contribution in [3.63, 3.8) is 0 Å². The number of hydrogen-bond donors (Lipinski definition) is 1. The average Bonchev–Trinajstić information content (AvgIpc) is 2.14. The maximum absolute atomic E-state index is 12.5. The van der Waals surface area contributed by atoms with Crippen LogP contribution in [0.5, 0.6) is 0 Å². The first-order valence-electron chi connectivity index (χ1n) is 5.65. The van der Waals surface area contributed by atoms with Gasteiger partial charge >= 0.3 is 6.18 Å². The van der Waals surface area contributed by atoms with Crippen molar-refractivity contribution in [1.82, 2.24) is 0 Å². The molecule has 1 nitrogen and oxygen atoms in total. The van der Waals surface area contributed by atoms with Gasteiger partial charge in [-0.2, -0.15) is 13.2 Å². The Kier molecular flexibility index (Phi) is 4.20. The van der Waals surface area contributed by atoms with Crippen molar-refractivity contribution in [1.29, 1.82) is 0 Å². The van der Waals surface area contributed by atoms with E-state index >= 15 is 0 Å². The van der Waals surface area contributed by atoms with Crippen LogP contribution in [0.1, 0.15) is 42.9 Å². The van der Waals surface area contributed by atoms with Gasteiger partial charge in [0.15, 0.2) is 0 Å². The lowest BCUT2D eigenvalue weighted by atomic mass is 9.90. The summed E-state index contributed by atoms with van der Waals surface area (Å²) >= 11 is 0. The normalized spacial score (nSPS) is 15.7. The minimum atomic E-state index is -4.27. The van der Waals surface area contributed by atoms with Crippen LogP contribution in [0.3, 0.4) is 0 Å². The molecule has 17 heavy (non-hydrogen) atoms. The van der Waals surface area contributed by atoms with Crippen LogP contribution in [-0.2, 0) is 6.18 Å². The predicted octanol–water partition coefficient (Wildman–Crippen LogP) is 3.85. The summed E-state index contributed by atoms with van der Waals surface area (Å²) in [6.45, 7) is 5.59. The third-order valence-electron chi connectivity index (χ3n) is 2.85. The quantitative estimate of drug-likeness (QED) is 0.859. The summed E-state index contributed by atoms with van der Waals surface area (Å²) in [5, 5.41) is 0. The van der Waals surface area contributed by atoms with Crippen LogP contribution >= 0.6 is 0 Å². The molecule has 0 bridgehead atoms. The largest absolute Gasteiger partial charge is 0.416 e. The molecule has 96 valence electrons. The van der Waals surface area contributed by atoms with Crippen LogP contribution in [0.25, 0.3) is 0 Å². The summed E-state index contributed by atoms with van der Waals surface area (Å²) in [7, 11) is 0. The fourth-order valence-corrected chi connectivity index (χ4v) is 2.09. The maximum Gasteiger partial charge on any atom is 0.416 e. The molecule has 2 atom stereocenters. The first-order chi connectivity index (χ1) is 7.71. The van der Waals surface area contributed by atoms with E-state index in [1.54, 1.807) is 13.0 Å². The van der Waals surface area contributed by atoms with Gasteiger partial charge in [-0.15, -0.1) is 0 Å². The van der Waals surface area contributed by atoms with E-state index in [1.807, 2.05) is 13.8 Å². The first kappa shape index (κ1) is 14.0. The van der Waals surface area contributed by atoms with Crippen molar-refractivity contribution in [3.8, 4) is 0 Å². The summed E-state index contributed by atoms with van der Waals surface area (Å²) in [5.41, 5.74) is 6.72. The Morgan fingerprint density at radius 1 is 1.24 bits per heavy atom. The minimum Gasteiger partial charge on any atom is -0.328 e. The summed E-state index contributed by atoms with van der Waals surface area (Å²) < 4.78 is 37.5. The van der Waals surface area contributed by atoms with Gasteiger partial charge in [0, 0.05) is 6.04 Å². The van der Waals surface area contributed by atoms with Crippen LogP contribution in [0.4, 0.5) is 13.2 Å². The zero-order valence-corrected chi connectivity index (χ0v) is 10.3. The molecular formula is C13H18F3N. The van der Waals surface area contributed by atoms with Gasteiger partial charge in [-0.25, -0.2) is 0 Å². The summed E-state index contributed by atoms with van der Waals surface area (Å²) in [6, 6.07) is 3.95. The van der Waals surface area contributed by atoms with Crippen LogP contribution in [0.2, 0.25) is 0 Å². The topological polar surface area (TPSA) is 26.0 Å². The summed E-state index contributed by atoms with van der Waals surface area (Å²) in [4.78, 5) is 0. The second-order valence-corrected chi connectivity index (χ2v) is 4.68. The molecule has 0 heterocycles. The standard InChI is InChI=1S/C13H18F3N/c1-8(6-10(3)17)12-5-4-11(7-9(12)2)13(14,15)16/h4-5,7-8,10H,6,17H2,1-3H3. The van der Waals surface area contributed by atoms with E-state index in [0.717, 1.165) is 18.1 Å². The van der Waals surface area contributed by atoms with Crippen LogP contribution in [-0.4, -0.2) is 6.04 Å². The van der Waals surface area contributed by atoms with Gasteiger partial charge in [0.05, 0.1) is 5.56 Å². The van der Waals surface area contributed by atoms with E-state index in [9.17, 15) is 13.2 Å². The summed E-state index contributed by atoms with van der Waals surface area (Å²) in [6.07, 6.45) is -3.50. The Morgan fingerprint density at radius 3 is 2.24 bits per heavy atom. The van der Waals surface area contributed by atoms with Crippen molar-refractivity contribution in [2.45, 2.75) is 45.3 Å². The molecule has 0 aromatic heterocycles. The lowest BCUT2D eigenvalue weighted by molar-refractivity contribution is -0.137. The van der Waals surface area contributed by atoms with Crippen molar-refractivity contribution in [3.05, 3.63) is 34.9 Å². The van der Waals surface area contributed by atoms with Crippen molar-refractivity contribution < 1.29 is 13.2 Å². The van der Waals surface area contributed by atoms with Gasteiger partial charge in [0.2, 0.25) is 0 Å². The fourth-order valence-electron chi connectivity index (χ4n) is 2.09. The Bertz CT molecular complexity index is 383. The molecular weight excluding hydrogens is 227 g/mol. The molecule has 1 aromatic rings. The van der Waals surface area contributed by atoms with E-state index in [1.165, 1.54) is 6.07 Å². The lowest BCUT2D eigenvalue weighted by Crippen LogP contribution is -2.18. The maximum atomic E-state index is 12.5. The van der Waals surface area contributed by atoms with E-state index in [2.05, 4.69) is 0 Å². The zero-order valence-electron chi connectivity index (χ0n) is 10.3. The Morgan fingerprint density at radius 2 is 1.82 bits per heavy atom. The Balaban J connectivity index is 2.98. The number of hydrogen-bond acceptors (Lipinski definition) is 1. The van der Waals surface area contributed by atoms with E-state index in [-0.39, 0.29) is 12.0 Å². The van der Waals surface area contributed by atoms with Gasteiger partial charge < -0.3 is 5.73 Å². The molecule has 0 saturated heterocycles. The highest BCUT2D eigenvalue weighted by Crippen LogP contribution is 2.32. The first-order valence-corrected chi connectivity index (χ1v) is 5.65. The van der Waals surface area contributed by atoms with Gasteiger partial charge in [-0.05, 0) is 49.4 Å². The third kappa shape index (κ3) is 3.73. The fraction of sp³-hybridized carbons (Fsp3) is 0.538. The molecule has 1 rings (SSSR count). The molecule has 2 N–H and O–H groups in total. The third-order valence-corrected chi connectivity index (χ3v) is 2.85. The van der Waals surface area contributed by atoms with Crippen molar-refractivity contribution in [2.24, 2.45) is 5.73 Å². The SMILES string of the molecule is Cc1cc(C(F)(F)F)ccc1C(C)CC(C)N. The molecule has 0 aliphatic heterocycles. The van der Waals surface area contributed by atoms with E-state index in [0.29, 0.717) is 5.56 Å². The number of halogens is 3. The van der Waals surface area contributed by atoms with Crippen LogP contribution in [0.15, 0.2) is 18.2 Å². The molecule has 1 aromatic carbocycles. The van der Waals surface area contributed by atoms with Crippen LogP contribution < -0.4 is 5.73 Å². The van der Waals surface area contributed by atoms with Crippen LogP contribution in [0, 0.1) is 6.92 Å². The van der Waals surface area contributed by atoms with Gasteiger partial charge in [0.25, 0.3) is 0 Å². The van der Waals surface area contributed by atoms with Crippen molar-refractivity contribution >= 4 is 0 Å². The minimum absolute atomic E-state index is 0.0479. The number of rotatable bonds is 3. The zero-order chi connectivity index (χ0) is 13.2. The molecule has 2 unspecified atom stereocenters. The predicted molar refractivity (Wildman–Crippen MR) is 62.9 cm³/mol. The molecule has 4 heteroatoms. The van der Waals surface area contributed by atoms with Gasteiger partial charge in [-0.1, -0.05) is 13.0 Å². The lowest BCUT2D eigenvalue weighted by Gasteiger charge is -2.18. The number of benzene rings is 1. The molecule has 0 radical (unpaired) electrons. The molecule has 0 amide bonds. The summed E-state index contributed by atoms with van der Waals surface area (Å²) in [5.74, 6) is 0.178. The Labute approximate surface area is 99.8 Å². The highest BCUT2D eigenvalue weighted by molar-refractivity contribution is 5.34. The highest BCUT2D eigenvalue weighted by atomic mass is 19.4. The molecule has 0 aliphatic rings. The van der Waals surface area contributed by atoms with Crippen molar-refractivity contribution in [2.75, 3.05) is 0 Å². The molecule has 0 spiro atoms. The Hall–Kier alpha value is -1.03. The second kappa shape index (κ2) is 5.08. The van der Waals surface area contributed by atoms with Gasteiger partial charge in [-0.3, -0.25) is 0 Å². The smallest absolute Gasteiger partial charge is 0.328 e. The average molecular weight is 245 g/mol. The molecule has 0 fully saturated rings.